The minimum Gasteiger partial charge on any atom is -0.152 e. The number of allylic oxidation sites excluding steroid dienone is 2. The number of hydrogen-bond acceptors (Lipinski definition) is 0. The van der Waals surface area contributed by atoms with E-state index in [0.29, 0.717) is 5.41 Å². The molecule has 1 atom stereocenters. The van der Waals surface area contributed by atoms with Crippen molar-refractivity contribution in [3.63, 3.8) is 0 Å². The molecule has 0 aliphatic rings. The Morgan fingerprint density at radius 1 is 1.58 bits per heavy atom. The van der Waals surface area contributed by atoms with E-state index < -0.39 is 0 Å². The monoisotopic (exact) mass is 295 g/mol. The molecule has 0 nitrogen and oxygen atoms in total. The zero-order valence-electron chi connectivity index (χ0n) is 8.45. The van der Waals surface area contributed by atoms with Gasteiger partial charge in [0, 0.05) is 0 Å². The summed E-state index contributed by atoms with van der Waals surface area (Å²) in [5.41, 5.74) is 2.00. The molecule has 69 valence electrons. The van der Waals surface area contributed by atoms with Crippen LogP contribution in [0.2, 0.25) is 0 Å². The third-order valence-electron chi connectivity index (χ3n) is 1.91. The van der Waals surface area contributed by atoms with Crippen LogP contribution in [0.25, 0.3) is 0 Å². The molecule has 0 N–H and O–H groups in total. The van der Waals surface area contributed by atoms with Crippen LogP contribution in [0, 0.1) is 5.41 Å². The minimum atomic E-state index is 0.483. The van der Waals surface area contributed by atoms with Gasteiger partial charge in [-0.05, 0) is 31.8 Å². The molecule has 0 aromatic heterocycles. The van der Waals surface area contributed by atoms with Crippen LogP contribution < -0.4 is 0 Å². The van der Waals surface area contributed by atoms with Crippen molar-refractivity contribution in [2.24, 2.45) is 5.41 Å². The molecule has 0 heterocycles. The molecule has 12 heavy (non-hydrogen) atoms. The molecule has 0 amide bonds. The van der Waals surface area contributed by atoms with Gasteiger partial charge in [0.15, 0.2) is 0 Å². The van der Waals surface area contributed by atoms with Crippen LogP contribution >= 0.6 is 30.8 Å². The second kappa shape index (κ2) is 6.42. The van der Waals surface area contributed by atoms with Gasteiger partial charge in [-0.15, -0.1) is 8.46 Å². The van der Waals surface area contributed by atoms with Crippen molar-refractivity contribution < 1.29 is 0 Å². The molecule has 0 saturated heterocycles. The van der Waals surface area contributed by atoms with Crippen LogP contribution in [0.15, 0.2) is 11.6 Å². The highest BCUT2D eigenvalue weighted by molar-refractivity contribution is 14.1. The molecule has 0 saturated carbocycles. The Morgan fingerprint density at radius 3 is 2.58 bits per heavy atom. The highest BCUT2D eigenvalue weighted by Crippen LogP contribution is 2.31. The average molecular weight is 295 g/mol. The molecule has 0 aromatic carbocycles. The minimum absolute atomic E-state index is 0.483. The molecule has 0 spiro atoms. The van der Waals surface area contributed by atoms with Gasteiger partial charge >= 0.3 is 0 Å². The lowest BCUT2D eigenvalue weighted by Gasteiger charge is -2.24. The second-order valence-corrected chi connectivity index (χ2v) is 6.81. The highest BCUT2D eigenvalue weighted by Gasteiger charge is 2.17. The number of halogens is 1. The van der Waals surface area contributed by atoms with Crippen molar-refractivity contribution in [3.05, 3.63) is 11.6 Å². The van der Waals surface area contributed by atoms with Gasteiger partial charge in [0.2, 0.25) is 4.86 Å². The van der Waals surface area contributed by atoms with Crippen LogP contribution in [0.1, 0.15) is 34.1 Å². The van der Waals surface area contributed by atoms with Gasteiger partial charge in [-0.1, -0.05) is 25.5 Å². The number of rotatable bonds is 5. The predicted octanol–water partition coefficient (Wildman–Crippen LogP) is 4.02. The molecule has 0 bridgehead atoms. The average Bonchev–Trinajstić information content (AvgIpc) is 2.00. The van der Waals surface area contributed by atoms with E-state index in [0.717, 1.165) is 8.46 Å². The van der Waals surface area contributed by atoms with E-state index in [-0.39, 0.29) is 0 Å². The number of hydrogen-bond donors (Lipinski definition) is 0. The smallest absolute Gasteiger partial charge is 0.152 e. The lowest BCUT2D eigenvalue weighted by Crippen LogP contribution is -2.14. The van der Waals surface area contributed by atoms with Crippen LogP contribution in [0.3, 0.4) is 0 Å². The highest BCUT2D eigenvalue weighted by atomic mass is 127. The third kappa shape index (κ3) is 6.48. The van der Waals surface area contributed by atoms with Gasteiger partial charge < -0.3 is 0 Å². The van der Waals surface area contributed by atoms with Crippen LogP contribution in [0.4, 0.5) is 0 Å². The van der Waals surface area contributed by atoms with Crippen molar-refractivity contribution in [1.82, 2.24) is 0 Å². The maximum absolute atomic E-state index is 2.35. The van der Waals surface area contributed by atoms with Gasteiger partial charge in [0.1, 0.15) is 0 Å². The summed E-state index contributed by atoms with van der Waals surface area (Å²) in [5.74, 6) is 0. The van der Waals surface area contributed by atoms with E-state index in [2.05, 4.69) is 61.0 Å². The summed E-state index contributed by atoms with van der Waals surface area (Å²) < 4.78 is 0. The van der Waals surface area contributed by atoms with Gasteiger partial charge in [-0.2, -0.15) is 22.4 Å². The lowest BCUT2D eigenvalue weighted by atomic mass is 9.88. The molecule has 1 unspecified atom stereocenters. The first-order chi connectivity index (χ1) is 5.52. The first-order valence-corrected chi connectivity index (χ1v) is 6.82. The summed E-state index contributed by atoms with van der Waals surface area (Å²) in [7, 11) is 1.00. The largest absolute Gasteiger partial charge is 0.230 e. The fourth-order valence-corrected chi connectivity index (χ4v) is 2.65. The van der Waals surface area contributed by atoms with E-state index in [9.17, 15) is 0 Å². The fourth-order valence-electron chi connectivity index (χ4n) is 1.23. The summed E-state index contributed by atoms with van der Waals surface area (Å²) in [6.07, 6.45) is 4.78. The third-order valence-corrected chi connectivity index (χ3v) is 4.54. The van der Waals surface area contributed by atoms with Crippen molar-refractivity contribution in [2.45, 2.75) is 34.1 Å². The zero-order chi connectivity index (χ0) is 9.61. The Morgan fingerprint density at radius 2 is 2.17 bits per heavy atom. The molecule has 0 fully saturated rings. The molecular formula is C9H18BIP. The van der Waals surface area contributed by atoms with E-state index in [1.807, 2.05) is 0 Å². The summed E-state index contributed by atoms with van der Waals surface area (Å²) >= 11 is 2.34. The van der Waals surface area contributed by atoms with E-state index in [1.54, 1.807) is 0 Å². The molecule has 3 heteroatoms. The van der Waals surface area contributed by atoms with Crippen molar-refractivity contribution in [1.29, 1.82) is 0 Å². The van der Waals surface area contributed by atoms with Crippen LogP contribution in [-0.4, -0.2) is 11.0 Å². The SMILES string of the molecule is C/C=C(/C)CC(C)(C)CP[B]I. The Balaban J connectivity index is 3.86. The first kappa shape index (κ1) is 13.0. The normalized spacial score (nSPS) is 14.2. The Hall–Kier alpha value is 0.965. The van der Waals surface area contributed by atoms with Gasteiger partial charge in [0.05, 0.1) is 0 Å². The maximum atomic E-state index is 2.35. The molecule has 0 aliphatic heterocycles. The molecule has 0 aliphatic carbocycles. The second-order valence-electron chi connectivity index (χ2n) is 3.97. The fraction of sp³-hybridized carbons (Fsp3) is 0.778. The van der Waals surface area contributed by atoms with E-state index in [4.69, 9.17) is 0 Å². The van der Waals surface area contributed by atoms with Gasteiger partial charge in [0.25, 0.3) is 0 Å². The summed E-state index contributed by atoms with van der Waals surface area (Å²) in [6, 6.07) is 0. The summed E-state index contributed by atoms with van der Waals surface area (Å²) in [4.78, 5) is 2.25. The van der Waals surface area contributed by atoms with Gasteiger partial charge in [-0.3, -0.25) is 0 Å². The maximum Gasteiger partial charge on any atom is 0.230 e. The molecule has 0 aromatic rings. The molecule has 0 rings (SSSR count). The van der Waals surface area contributed by atoms with E-state index in [1.165, 1.54) is 18.2 Å². The van der Waals surface area contributed by atoms with E-state index >= 15 is 0 Å². The van der Waals surface area contributed by atoms with Crippen LogP contribution in [-0.2, 0) is 0 Å². The van der Waals surface area contributed by atoms with Crippen molar-refractivity contribution in [3.8, 4) is 0 Å². The Kier molecular flexibility index (Phi) is 6.94. The Bertz CT molecular complexity index is 155. The van der Waals surface area contributed by atoms with Crippen LogP contribution in [0.5, 0.6) is 0 Å². The quantitative estimate of drug-likeness (QED) is 0.311. The van der Waals surface area contributed by atoms with Crippen molar-refractivity contribution in [2.75, 3.05) is 6.16 Å². The molecule has 1 radical (unpaired) electrons. The lowest BCUT2D eigenvalue weighted by molar-refractivity contribution is 0.419. The standard InChI is InChI=1S/C9H18BIP/c1-5-8(2)6-9(3,4)7-12-10-11/h5,12H,6-7H2,1-4H3/b8-5-. The summed E-state index contributed by atoms with van der Waals surface area (Å²) in [5, 5.41) is 0. The topological polar surface area (TPSA) is 0 Å². The van der Waals surface area contributed by atoms with Crippen molar-refractivity contribution >= 4 is 35.7 Å². The summed E-state index contributed by atoms with van der Waals surface area (Å²) in [6.45, 7) is 9.05. The first-order valence-electron chi connectivity index (χ1n) is 4.29. The molecular weight excluding hydrogens is 277 g/mol. The zero-order valence-corrected chi connectivity index (χ0v) is 11.6. The van der Waals surface area contributed by atoms with Gasteiger partial charge in [-0.25, -0.2) is 0 Å². The predicted molar refractivity (Wildman–Crippen MR) is 70.8 cm³/mol. The Labute approximate surface area is 92.8 Å².